The Bertz CT molecular complexity index is 653. The first-order valence-corrected chi connectivity index (χ1v) is 8.57. The normalized spacial score (nSPS) is 22.5. The molecule has 4 nitrogen and oxygen atoms in total. The number of benzene rings is 1. The molecule has 2 N–H and O–H groups in total. The highest BCUT2D eigenvalue weighted by Crippen LogP contribution is 2.36. The Morgan fingerprint density at radius 1 is 1.35 bits per heavy atom. The Morgan fingerprint density at radius 3 is 2.57 bits per heavy atom. The average Bonchev–Trinajstić information content (AvgIpc) is 2.40. The lowest BCUT2D eigenvalue weighted by molar-refractivity contribution is -0.137. The number of hydrogen-bond acceptors (Lipinski definition) is 3. The number of halogens is 5. The fraction of sp³-hybridized carbons (Fsp3) is 0.538. The minimum atomic E-state index is -4.70. The monoisotopic (exact) mass is 392 g/mol. The second-order valence-electron chi connectivity index (χ2n) is 5.34. The van der Waals surface area contributed by atoms with Gasteiger partial charge in [0.2, 0.25) is 10.0 Å². The van der Waals surface area contributed by atoms with Crippen LogP contribution in [0.1, 0.15) is 18.9 Å². The van der Waals surface area contributed by atoms with Gasteiger partial charge in [0.25, 0.3) is 0 Å². The standard InChI is InChI=1S/C13H16ClF3N2O2S.ClH/c1-8-7-18-5-4-12(8)19-22(20,21)9-2-3-11(14)10(6-9)13(15,16)17;/h2-3,6,8,12,18-19H,4-5,7H2,1H3;1H. The fourth-order valence-corrected chi connectivity index (χ4v) is 3.97. The van der Waals surface area contributed by atoms with E-state index in [0.717, 1.165) is 12.1 Å². The van der Waals surface area contributed by atoms with Crippen molar-refractivity contribution in [3.63, 3.8) is 0 Å². The maximum Gasteiger partial charge on any atom is 0.417 e. The summed E-state index contributed by atoms with van der Waals surface area (Å²) >= 11 is 5.50. The van der Waals surface area contributed by atoms with E-state index in [9.17, 15) is 21.6 Å². The molecule has 2 rings (SSSR count). The molecule has 0 aromatic heterocycles. The number of sulfonamides is 1. The van der Waals surface area contributed by atoms with Crippen molar-refractivity contribution in [1.29, 1.82) is 0 Å². The molecule has 1 fully saturated rings. The molecule has 0 aliphatic carbocycles. The molecule has 1 heterocycles. The van der Waals surface area contributed by atoms with Crippen LogP contribution in [-0.2, 0) is 16.2 Å². The SMILES string of the molecule is CC1CNCCC1NS(=O)(=O)c1ccc(Cl)c(C(F)(F)F)c1.Cl. The second-order valence-corrected chi connectivity index (χ2v) is 7.46. The molecule has 0 bridgehead atoms. The van der Waals surface area contributed by atoms with Crippen molar-refractivity contribution < 1.29 is 21.6 Å². The summed E-state index contributed by atoms with van der Waals surface area (Å²) in [6, 6.07) is 2.28. The van der Waals surface area contributed by atoms with Gasteiger partial charge in [-0.25, -0.2) is 13.1 Å². The van der Waals surface area contributed by atoms with Gasteiger partial charge in [0.1, 0.15) is 0 Å². The molecule has 1 aromatic carbocycles. The van der Waals surface area contributed by atoms with Gasteiger partial charge in [0.15, 0.2) is 0 Å². The molecule has 0 radical (unpaired) electrons. The van der Waals surface area contributed by atoms with Crippen LogP contribution in [0.4, 0.5) is 13.2 Å². The van der Waals surface area contributed by atoms with Crippen LogP contribution in [0.5, 0.6) is 0 Å². The summed E-state index contributed by atoms with van der Waals surface area (Å²) in [5.74, 6) is 0.0536. The van der Waals surface area contributed by atoms with Crippen molar-refractivity contribution in [2.75, 3.05) is 13.1 Å². The van der Waals surface area contributed by atoms with Gasteiger partial charge < -0.3 is 5.32 Å². The van der Waals surface area contributed by atoms with E-state index in [1.807, 2.05) is 6.92 Å². The number of nitrogens with one attached hydrogen (secondary N) is 2. The van der Waals surface area contributed by atoms with Crippen LogP contribution < -0.4 is 10.0 Å². The maximum atomic E-state index is 12.8. The molecule has 1 aliphatic heterocycles. The zero-order valence-electron chi connectivity index (χ0n) is 12.2. The highest BCUT2D eigenvalue weighted by Gasteiger charge is 2.35. The summed E-state index contributed by atoms with van der Waals surface area (Å²) in [4.78, 5) is -0.435. The van der Waals surface area contributed by atoms with Crippen molar-refractivity contribution in [3.8, 4) is 0 Å². The number of piperidine rings is 1. The number of alkyl halides is 3. The highest BCUT2D eigenvalue weighted by molar-refractivity contribution is 7.89. The van der Waals surface area contributed by atoms with Crippen LogP contribution in [0, 0.1) is 5.92 Å². The van der Waals surface area contributed by atoms with E-state index >= 15 is 0 Å². The van der Waals surface area contributed by atoms with Crippen molar-refractivity contribution in [1.82, 2.24) is 10.0 Å². The first-order valence-electron chi connectivity index (χ1n) is 6.71. The molecule has 0 saturated carbocycles. The third-order valence-electron chi connectivity index (χ3n) is 3.65. The van der Waals surface area contributed by atoms with Gasteiger partial charge in [-0.2, -0.15) is 13.2 Å². The Hall–Kier alpha value is -0.540. The zero-order chi connectivity index (χ0) is 16.5. The van der Waals surface area contributed by atoms with Gasteiger partial charge >= 0.3 is 6.18 Å². The Labute approximate surface area is 144 Å². The van der Waals surface area contributed by atoms with Crippen molar-refractivity contribution in [2.45, 2.75) is 30.5 Å². The Kier molecular flexibility index (Phi) is 6.74. The van der Waals surface area contributed by atoms with Gasteiger partial charge in [-0.15, -0.1) is 12.4 Å². The van der Waals surface area contributed by atoms with Crippen molar-refractivity contribution in [3.05, 3.63) is 28.8 Å². The molecule has 132 valence electrons. The van der Waals surface area contributed by atoms with Crippen LogP contribution in [0.2, 0.25) is 5.02 Å². The average molecular weight is 393 g/mol. The van der Waals surface area contributed by atoms with Crippen molar-refractivity contribution >= 4 is 34.0 Å². The van der Waals surface area contributed by atoms with Crippen LogP contribution >= 0.6 is 24.0 Å². The largest absolute Gasteiger partial charge is 0.417 e. The topological polar surface area (TPSA) is 58.2 Å². The highest BCUT2D eigenvalue weighted by atomic mass is 35.5. The van der Waals surface area contributed by atoms with Gasteiger partial charge in [-0.3, -0.25) is 0 Å². The second kappa shape index (κ2) is 7.57. The molecular formula is C13H17Cl2F3N2O2S. The minimum Gasteiger partial charge on any atom is -0.316 e. The van der Waals surface area contributed by atoms with Gasteiger partial charge in [-0.1, -0.05) is 18.5 Å². The number of rotatable bonds is 3. The van der Waals surface area contributed by atoms with Crippen LogP contribution in [0.3, 0.4) is 0 Å². The molecule has 1 aliphatic rings. The summed E-state index contributed by atoms with van der Waals surface area (Å²) in [5.41, 5.74) is -1.16. The van der Waals surface area contributed by atoms with Crippen LogP contribution in [0.25, 0.3) is 0 Å². The molecule has 1 aromatic rings. The van der Waals surface area contributed by atoms with E-state index < -0.39 is 31.7 Å². The van der Waals surface area contributed by atoms with Crippen LogP contribution in [0.15, 0.2) is 23.1 Å². The van der Waals surface area contributed by atoms with Crippen LogP contribution in [-0.4, -0.2) is 27.5 Å². The molecular weight excluding hydrogens is 376 g/mol. The Morgan fingerprint density at radius 2 is 2.00 bits per heavy atom. The molecule has 1 saturated heterocycles. The zero-order valence-corrected chi connectivity index (χ0v) is 14.5. The summed E-state index contributed by atoms with van der Waals surface area (Å²) in [7, 11) is -4.03. The van der Waals surface area contributed by atoms with E-state index in [1.165, 1.54) is 0 Å². The summed E-state index contributed by atoms with van der Waals surface area (Å²) in [6.45, 7) is 3.19. The first kappa shape index (κ1) is 20.5. The molecule has 23 heavy (non-hydrogen) atoms. The molecule has 10 heteroatoms. The molecule has 2 atom stereocenters. The molecule has 0 spiro atoms. The van der Waals surface area contributed by atoms with E-state index in [4.69, 9.17) is 11.6 Å². The quantitative estimate of drug-likeness (QED) is 0.830. The van der Waals surface area contributed by atoms with E-state index in [-0.39, 0.29) is 24.4 Å². The lowest BCUT2D eigenvalue weighted by Gasteiger charge is -2.30. The third kappa shape index (κ3) is 4.96. The Balaban J connectivity index is 0.00000264. The summed E-state index contributed by atoms with van der Waals surface area (Å²) in [5, 5.41) is 2.60. The maximum absolute atomic E-state index is 12.8. The van der Waals surface area contributed by atoms with Crippen molar-refractivity contribution in [2.24, 2.45) is 5.92 Å². The van der Waals surface area contributed by atoms with Gasteiger partial charge in [0.05, 0.1) is 15.5 Å². The lowest BCUT2D eigenvalue weighted by atomic mass is 9.97. The summed E-state index contributed by atoms with van der Waals surface area (Å²) in [6.07, 6.45) is -4.12. The van der Waals surface area contributed by atoms with Gasteiger partial charge in [0, 0.05) is 6.04 Å². The number of hydrogen-bond donors (Lipinski definition) is 2. The fourth-order valence-electron chi connectivity index (χ4n) is 2.35. The van der Waals surface area contributed by atoms with Gasteiger partial charge in [-0.05, 0) is 43.6 Å². The minimum absolute atomic E-state index is 0. The van der Waals surface area contributed by atoms with E-state index in [2.05, 4.69) is 10.0 Å². The summed E-state index contributed by atoms with van der Waals surface area (Å²) < 4.78 is 65.6. The third-order valence-corrected chi connectivity index (χ3v) is 5.46. The van der Waals surface area contributed by atoms with E-state index in [0.29, 0.717) is 25.6 Å². The predicted molar refractivity (Wildman–Crippen MR) is 84.5 cm³/mol. The first-order chi connectivity index (χ1) is 10.1. The lowest BCUT2D eigenvalue weighted by Crippen LogP contribution is -2.48. The molecule has 0 amide bonds. The smallest absolute Gasteiger partial charge is 0.316 e. The predicted octanol–water partition coefficient (Wildman–Crippen LogP) is 3.06. The molecule has 2 unspecified atom stereocenters. The van der Waals surface area contributed by atoms with E-state index in [1.54, 1.807) is 0 Å².